The topological polar surface area (TPSA) is 33.1 Å². The average Bonchev–Trinajstić information content (AvgIpc) is 3.26. The summed E-state index contributed by atoms with van der Waals surface area (Å²) in [6, 6.07) is 18.9. The molecule has 0 saturated carbocycles. The van der Waals surface area contributed by atoms with Crippen LogP contribution in [0.15, 0.2) is 71.5 Å². The van der Waals surface area contributed by atoms with E-state index in [0.717, 1.165) is 21.0 Å². The van der Waals surface area contributed by atoms with E-state index in [1.807, 2.05) is 24.4 Å². The number of nitrogens with zero attached hydrogens (tertiary/aromatic N) is 3. The Balaban J connectivity index is 1.84. The molecule has 3 aromatic rings. The van der Waals surface area contributed by atoms with Crippen LogP contribution in [0.3, 0.4) is 0 Å². The van der Waals surface area contributed by atoms with Crippen LogP contribution in [-0.4, -0.2) is 25.6 Å². The van der Waals surface area contributed by atoms with E-state index in [-0.39, 0.29) is 18.1 Å². The van der Waals surface area contributed by atoms with Crippen LogP contribution in [0.2, 0.25) is 0 Å². The summed E-state index contributed by atoms with van der Waals surface area (Å²) in [7, 11) is 0. The van der Waals surface area contributed by atoms with Gasteiger partial charge in [0.2, 0.25) is 0 Å². The molecule has 1 aliphatic rings. The Kier molecular flexibility index (Phi) is 5.02. The number of halogens is 1. The first-order valence-corrected chi connectivity index (χ1v) is 10.2. The van der Waals surface area contributed by atoms with E-state index in [9.17, 15) is 0 Å². The van der Waals surface area contributed by atoms with Crippen molar-refractivity contribution in [1.29, 1.82) is 0 Å². The molecule has 2 aromatic heterocycles. The van der Waals surface area contributed by atoms with E-state index in [2.05, 4.69) is 92.1 Å². The Morgan fingerprint density at radius 1 is 1.11 bits per heavy atom. The van der Waals surface area contributed by atoms with Gasteiger partial charge < -0.3 is 14.8 Å². The predicted molar refractivity (Wildman–Crippen MR) is 116 cm³/mol. The van der Waals surface area contributed by atoms with Gasteiger partial charge in [-0.25, -0.2) is 0 Å². The second kappa shape index (κ2) is 7.44. The summed E-state index contributed by atoms with van der Waals surface area (Å²) in [6.45, 7) is 4.35. The molecule has 6 heteroatoms. The summed E-state index contributed by atoms with van der Waals surface area (Å²) in [4.78, 5) is 6.88. The minimum atomic E-state index is 0.00176. The SMILES string of the molecule is CC(C)N1C(=S)N[C@@H](c2ccccn2)[C@H]1c1cccn1-c1cccc(Br)c1. The zero-order valence-electron chi connectivity index (χ0n) is 15.2. The van der Waals surface area contributed by atoms with Gasteiger partial charge in [-0.1, -0.05) is 28.1 Å². The van der Waals surface area contributed by atoms with Crippen LogP contribution in [0.5, 0.6) is 0 Å². The summed E-state index contributed by atoms with van der Waals surface area (Å²) < 4.78 is 3.29. The summed E-state index contributed by atoms with van der Waals surface area (Å²) in [5.41, 5.74) is 3.30. The van der Waals surface area contributed by atoms with E-state index in [4.69, 9.17) is 12.2 Å². The Bertz CT molecular complexity index is 954. The van der Waals surface area contributed by atoms with Crippen LogP contribution in [-0.2, 0) is 0 Å². The molecule has 2 atom stereocenters. The van der Waals surface area contributed by atoms with E-state index in [1.165, 1.54) is 5.69 Å². The standard InChI is InChI=1S/C21H21BrN4S/c1-14(2)26-20(19(24-21(26)27)17-9-3-4-11-23-17)18-10-6-12-25(18)16-8-5-7-15(22)13-16/h3-14,19-20H,1-2H3,(H,24,27)/t19-,20+/m0/s1. The molecule has 1 N–H and O–H groups in total. The number of aromatic nitrogens is 2. The normalized spacial score (nSPS) is 19.6. The molecule has 4 rings (SSSR count). The smallest absolute Gasteiger partial charge is 0.170 e. The van der Waals surface area contributed by atoms with Crippen molar-refractivity contribution in [3.63, 3.8) is 0 Å². The first-order valence-electron chi connectivity index (χ1n) is 8.99. The molecule has 27 heavy (non-hydrogen) atoms. The van der Waals surface area contributed by atoms with Crippen molar-refractivity contribution in [2.75, 3.05) is 0 Å². The molecule has 4 nitrogen and oxygen atoms in total. The second-order valence-corrected chi connectivity index (χ2v) is 8.21. The highest BCUT2D eigenvalue weighted by Crippen LogP contribution is 2.40. The third-order valence-electron chi connectivity index (χ3n) is 4.86. The number of nitrogens with one attached hydrogen (secondary N) is 1. The number of rotatable bonds is 4. The lowest BCUT2D eigenvalue weighted by Crippen LogP contribution is -2.36. The first-order chi connectivity index (χ1) is 13.1. The predicted octanol–water partition coefficient (Wildman–Crippen LogP) is 5.02. The summed E-state index contributed by atoms with van der Waals surface area (Å²) in [6.07, 6.45) is 3.94. The molecule has 0 spiro atoms. The molecule has 1 aromatic carbocycles. The molecule has 0 aliphatic carbocycles. The van der Waals surface area contributed by atoms with Crippen LogP contribution in [0.25, 0.3) is 5.69 Å². The van der Waals surface area contributed by atoms with E-state index in [0.29, 0.717) is 0 Å². The van der Waals surface area contributed by atoms with Crippen molar-refractivity contribution < 1.29 is 0 Å². The maximum Gasteiger partial charge on any atom is 0.170 e. The molecule has 1 saturated heterocycles. The third-order valence-corrected chi connectivity index (χ3v) is 5.68. The van der Waals surface area contributed by atoms with Crippen molar-refractivity contribution in [1.82, 2.24) is 19.8 Å². The lowest BCUT2D eigenvalue weighted by molar-refractivity contribution is 0.262. The first kappa shape index (κ1) is 18.2. The molecule has 1 aliphatic heterocycles. The lowest BCUT2D eigenvalue weighted by Gasteiger charge is -2.31. The molecule has 1 fully saturated rings. The monoisotopic (exact) mass is 440 g/mol. The molecule has 138 valence electrons. The molecular formula is C21H21BrN4S. The number of benzene rings is 1. The van der Waals surface area contributed by atoms with Gasteiger partial charge in [0, 0.05) is 34.3 Å². The second-order valence-electron chi connectivity index (χ2n) is 6.91. The molecule has 0 radical (unpaired) electrons. The zero-order chi connectivity index (χ0) is 19.0. The highest BCUT2D eigenvalue weighted by atomic mass is 79.9. The number of thiocarbonyl (C=S) groups is 1. The molecular weight excluding hydrogens is 420 g/mol. The Morgan fingerprint density at radius 2 is 1.96 bits per heavy atom. The van der Waals surface area contributed by atoms with E-state index < -0.39 is 0 Å². The van der Waals surface area contributed by atoms with Gasteiger partial charge in [-0.3, -0.25) is 4.98 Å². The summed E-state index contributed by atoms with van der Waals surface area (Å²) >= 11 is 9.28. The quantitative estimate of drug-likeness (QED) is 0.577. The van der Waals surface area contributed by atoms with Gasteiger partial charge >= 0.3 is 0 Å². The number of hydrogen-bond donors (Lipinski definition) is 1. The van der Waals surface area contributed by atoms with Gasteiger partial charge in [-0.05, 0) is 68.5 Å². The Morgan fingerprint density at radius 3 is 2.67 bits per heavy atom. The zero-order valence-corrected chi connectivity index (χ0v) is 17.6. The lowest BCUT2D eigenvalue weighted by atomic mass is 10.0. The van der Waals surface area contributed by atoms with Gasteiger partial charge in [0.15, 0.2) is 5.11 Å². The molecule has 0 bridgehead atoms. The van der Waals surface area contributed by atoms with Crippen molar-refractivity contribution in [2.45, 2.75) is 32.0 Å². The van der Waals surface area contributed by atoms with Crippen molar-refractivity contribution in [2.24, 2.45) is 0 Å². The fourth-order valence-corrected chi connectivity index (χ4v) is 4.57. The van der Waals surface area contributed by atoms with Gasteiger partial charge in [0.25, 0.3) is 0 Å². The fraction of sp³-hybridized carbons (Fsp3) is 0.238. The van der Waals surface area contributed by atoms with Gasteiger partial charge in [0.1, 0.15) is 0 Å². The molecule has 0 unspecified atom stereocenters. The minimum Gasteiger partial charge on any atom is -0.352 e. The molecule has 3 heterocycles. The number of pyridine rings is 1. The van der Waals surface area contributed by atoms with Gasteiger partial charge in [-0.2, -0.15) is 0 Å². The van der Waals surface area contributed by atoms with Crippen molar-refractivity contribution in [3.8, 4) is 5.69 Å². The van der Waals surface area contributed by atoms with Crippen LogP contribution >= 0.6 is 28.1 Å². The van der Waals surface area contributed by atoms with Gasteiger partial charge in [0.05, 0.1) is 17.8 Å². The maximum atomic E-state index is 5.70. The minimum absolute atomic E-state index is 0.00176. The highest BCUT2D eigenvalue weighted by molar-refractivity contribution is 9.10. The summed E-state index contributed by atoms with van der Waals surface area (Å²) in [5.74, 6) is 0. The van der Waals surface area contributed by atoms with Gasteiger partial charge in [-0.15, -0.1) is 0 Å². The number of hydrogen-bond acceptors (Lipinski definition) is 2. The van der Waals surface area contributed by atoms with Crippen molar-refractivity contribution >= 4 is 33.3 Å². The Labute approximate surface area is 173 Å². The largest absolute Gasteiger partial charge is 0.352 e. The van der Waals surface area contributed by atoms with Crippen LogP contribution in [0.1, 0.15) is 37.3 Å². The molecule has 0 amide bonds. The summed E-state index contributed by atoms with van der Waals surface area (Å²) in [5, 5.41) is 4.27. The Hall–Kier alpha value is -2.18. The fourth-order valence-electron chi connectivity index (χ4n) is 3.73. The van der Waals surface area contributed by atoms with E-state index >= 15 is 0 Å². The van der Waals surface area contributed by atoms with Crippen LogP contribution in [0.4, 0.5) is 0 Å². The third kappa shape index (κ3) is 3.39. The van der Waals surface area contributed by atoms with E-state index in [1.54, 1.807) is 0 Å². The highest BCUT2D eigenvalue weighted by Gasteiger charge is 2.42. The van der Waals surface area contributed by atoms with Crippen LogP contribution < -0.4 is 5.32 Å². The van der Waals surface area contributed by atoms with Crippen molar-refractivity contribution in [3.05, 3.63) is 82.9 Å². The van der Waals surface area contributed by atoms with Crippen LogP contribution in [0, 0.1) is 0 Å². The average molecular weight is 441 g/mol. The maximum absolute atomic E-state index is 5.70.